The quantitative estimate of drug-likeness (QED) is 0.813. The van der Waals surface area contributed by atoms with Crippen LogP contribution >= 0.6 is 0 Å². The number of aryl methyl sites for hydroxylation is 1. The first-order chi connectivity index (χ1) is 6.51. The lowest BCUT2D eigenvalue weighted by atomic mass is 10.1. The number of hydrogen-bond donors (Lipinski definition) is 1. The molecule has 0 unspecified atom stereocenters. The molecule has 0 saturated carbocycles. The van der Waals surface area contributed by atoms with E-state index < -0.39 is 12.5 Å². The predicted octanol–water partition coefficient (Wildman–Crippen LogP) is 2.09. The second kappa shape index (κ2) is 3.92. The van der Waals surface area contributed by atoms with E-state index in [4.69, 9.17) is 9.84 Å². The second-order valence-electron chi connectivity index (χ2n) is 3.05. The van der Waals surface area contributed by atoms with Gasteiger partial charge in [-0.3, -0.25) is 0 Å². The van der Waals surface area contributed by atoms with Crippen LogP contribution in [0.15, 0.2) is 18.2 Å². The highest BCUT2D eigenvalue weighted by Gasteiger charge is 2.30. The lowest BCUT2D eigenvalue weighted by molar-refractivity contribution is -0.0556. The Hall–Kier alpha value is -1.16. The number of benzene rings is 1. The normalized spacial score (nSPS) is 11.5. The van der Waals surface area contributed by atoms with Gasteiger partial charge in [0.05, 0.1) is 7.11 Å². The van der Waals surface area contributed by atoms with Crippen LogP contribution in [-0.2, 0) is 5.92 Å². The number of alkyl halides is 2. The first-order valence-electron chi connectivity index (χ1n) is 4.15. The molecule has 14 heavy (non-hydrogen) atoms. The van der Waals surface area contributed by atoms with Crippen LogP contribution in [0.2, 0.25) is 0 Å². The molecule has 0 aromatic heterocycles. The third-order valence-electron chi connectivity index (χ3n) is 2.02. The number of ether oxygens (including phenoxy) is 1. The van der Waals surface area contributed by atoms with Crippen LogP contribution in [0.3, 0.4) is 0 Å². The number of hydrogen-bond acceptors (Lipinski definition) is 2. The van der Waals surface area contributed by atoms with Gasteiger partial charge < -0.3 is 9.84 Å². The smallest absolute Gasteiger partial charge is 0.295 e. The molecular weight excluding hydrogens is 190 g/mol. The average molecular weight is 202 g/mol. The fraction of sp³-hybridized carbons (Fsp3) is 0.400. The first-order valence-corrected chi connectivity index (χ1v) is 4.15. The topological polar surface area (TPSA) is 29.5 Å². The molecule has 0 amide bonds. The van der Waals surface area contributed by atoms with E-state index in [1.54, 1.807) is 6.92 Å². The van der Waals surface area contributed by atoms with Crippen molar-refractivity contribution in [3.05, 3.63) is 29.3 Å². The number of methoxy groups -OCH3 is 1. The lowest BCUT2D eigenvalue weighted by Gasteiger charge is -2.15. The van der Waals surface area contributed by atoms with E-state index >= 15 is 0 Å². The Morgan fingerprint density at radius 1 is 1.43 bits per heavy atom. The van der Waals surface area contributed by atoms with Crippen LogP contribution < -0.4 is 4.74 Å². The van der Waals surface area contributed by atoms with E-state index in [1.165, 1.54) is 25.3 Å². The Balaban J connectivity index is 3.08. The molecule has 0 aliphatic heterocycles. The molecule has 1 aromatic carbocycles. The largest absolute Gasteiger partial charge is 0.496 e. The molecule has 0 saturated heterocycles. The number of aliphatic hydroxyl groups is 1. The molecule has 78 valence electrons. The summed E-state index contributed by atoms with van der Waals surface area (Å²) in [5.41, 5.74) is 0.427. The maximum Gasteiger partial charge on any atom is 0.295 e. The lowest BCUT2D eigenvalue weighted by Crippen LogP contribution is -2.18. The Bertz CT molecular complexity index is 324. The molecule has 1 N–H and O–H groups in total. The molecule has 0 radical (unpaired) electrons. The summed E-state index contributed by atoms with van der Waals surface area (Å²) in [5, 5.41) is 8.48. The van der Waals surface area contributed by atoms with Gasteiger partial charge in [-0.2, -0.15) is 8.78 Å². The van der Waals surface area contributed by atoms with Crippen LogP contribution in [0.5, 0.6) is 5.75 Å². The fourth-order valence-electron chi connectivity index (χ4n) is 1.20. The van der Waals surface area contributed by atoms with Gasteiger partial charge in [-0.25, -0.2) is 0 Å². The summed E-state index contributed by atoms with van der Waals surface area (Å²) in [6, 6.07) is 4.03. The highest BCUT2D eigenvalue weighted by molar-refractivity contribution is 5.37. The zero-order chi connectivity index (χ0) is 10.8. The van der Waals surface area contributed by atoms with Crippen molar-refractivity contribution in [2.75, 3.05) is 13.7 Å². The van der Waals surface area contributed by atoms with E-state index in [2.05, 4.69) is 0 Å². The first kappa shape index (κ1) is 10.9. The molecule has 4 heteroatoms. The van der Waals surface area contributed by atoms with Crippen LogP contribution in [-0.4, -0.2) is 18.8 Å². The van der Waals surface area contributed by atoms with Crippen molar-refractivity contribution >= 4 is 0 Å². The zero-order valence-electron chi connectivity index (χ0n) is 8.05. The molecule has 0 atom stereocenters. The molecule has 0 aliphatic rings. The highest BCUT2D eigenvalue weighted by Crippen LogP contribution is 2.30. The Morgan fingerprint density at radius 3 is 2.50 bits per heavy atom. The number of rotatable bonds is 3. The van der Waals surface area contributed by atoms with Crippen LogP contribution in [0.25, 0.3) is 0 Å². The Kier molecular flexibility index (Phi) is 3.06. The zero-order valence-corrected chi connectivity index (χ0v) is 8.05. The average Bonchev–Trinajstić information content (AvgIpc) is 2.17. The molecule has 1 rings (SSSR count). The summed E-state index contributed by atoms with van der Waals surface area (Å²) in [4.78, 5) is 0. The van der Waals surface area contributed by atoms with Crippen molar-refractivity contribution in [1.82, 2.24) is 0 Å². The van der Waals surface area contributed by atoms with E-state index in [1.807, 2.05) is 0 Å². The van der Waals surface area contributed by atoms with Crippen molar-refractivity contribution in [2.45, 2.75) is 12.8 Å². The minimum absolute atomic E-state index is 0.196. The van der Waals surface area contributed by atoms with Gasteiger partial charge in [0.25, 0.3) is 5.92 Å². The minimum atomic E-state index is -3.18. The molecule has 1 aromatic rings. The molecule has 0 fully saturated rings. The van der Waals surface area contributed by atoms with Crippen molar-refractivity contribution < 1.29 is 18.6 Å². The maximum absolute atomic E-state index is 13.0. The summed E-state index contributed by atoms with van der Waals surface area (Å²) < 4.78 is 31.0. The monoisotopic (exact) mass is 202 g/mol. The molecule has 2 nitrogen and oxygen atoms in total. The molecule has 0 spiro atoms. The van der Waals surface area contributed by atoms with Gasteiger partial charge in [0.1, 0.15) is 12.4 Å². The third-order valence-corrected chi connectivity index (χ3v) is 2.02. The van der Waals surface area contributed by atoms with Crippen LogP contribution in [0, 0.1) is 6.92 Å². The van der Waals surface area contributed by atoms with Gasteiger partial charge in [-0.05, 0) is 30.7 Å². The van der Waals surface area contributed by atoms with Crippen LogP contribution in [0.1, 0.15) is 11.1 Å². The molecule has 0 aliphatic carbocycles. The van der Waals surface area contributed by atoms with Gasteiger partial charge >= 0.3 is 0 Å². The Morgan fingerprint density at radius 2 is 2.07 bits per heavy atom. The summed E-state index contributed by atoms with van der Waals surface area (Å²) in [6.45, 7) is 0.495. The third kappa shape index (κ3) is 2.01. The SMILES string of the molecule is COc1ccc(C(F)(F)CO)cc1C. The van der Waals surface area contributed by atoms with Gasteiger partial charge in [-0.15, -0.1) is 0 Å². The van der Waals surface area contributed by atoms with Crippen molar-refractivity contribution in [1.29, 1.82) is 0 Å². The predicted molar refractivity (Wildman–Crippen MR) is 48.7 cm³/mol. The minimum Gasteiger partial charge on any atom is -0.496 e. The Labute approximate surface area is 81.1 Å². The van der Waals surface area contributed by atoms with Crippen molar-refractivity contribution in [2.24, 2.45) is 0 Å². The van der Waals surface area contributed by atoms with Gasteiger partial charge in [0.2, 0.25) is 0 Å². The van der Waals surface area contributed by atoms with Gasteiger partial charge in [0.15, 0.2) is 0 Å². The van der Waals surface area contributed by atoms with E-state index in [0.717, 1.165) is 0 Å². The highest BCUT2D eigenvalue weighted by atomic mass is 19.3. The van der Waals surface area contributed by atoms with Crippen LogP contribution in [0.4, 0.5) is 8.78 Å². The summed E-state index contributed by atoms with van der Waals surface area (Å²) in [5.74, 6) is -2.63. The van der Waals surface area contributed by atoms with Crippen molar-refractivity contribution in [3.63, 3.8) is 0 Å². The second-order valence-corrected chi connectivity index (χ2v) is 3.05. The standard InChI is InChI=1S/C10H12F2O2/c1-7-5-8(10(11,12)6-13)3-4-9(7)14-2/h3-5,13H,6H2,1-2H3. The van der Waals surface area contributed by atoms with Crippen molar-refractivity contribution in [3.8, 4) is 5.75 Å². The fourth-order valence-corrected chi connectivity index (χ4v) is 1.20. The maximum atomic E-state index is 13.0. The number of halogens is 2. The molecular formula is C10H12F2O2. The van der Waals surface area contributed by atoms with E-state index in [9.17, 15) is 8.78 Å². The molecule has 0 bridgehead atoms. The summed E-state index contributed by atoms with van der Waals surface area (Å²) >= 11 is 0. The van der Waals surface area contributed by atoms with Gasteiger partial charge in [0, 0.05) is 5.56 Å². The molecule has 0 heterocycles. The summed E-state index contributed by atoms with van der Waals surface area (Å²) in [7, 11) is 1.48. The van der Waals surface area contributed by atoms with Gasteiger partial charge in [-0.1, -0.05) is 0 Å². The summed E-state index contributed by atoms with van der Waals surface area (Å²) in [6.07, 6.45) is 0. The van der Waals surface area contributed by atoms with E-state index in [0.29, 0.717) is 11.3 Å². The van der Waals surface area contributed by atoms with E-state index in [-0.39, 0.29) is 5.56 Å². The number of aliphatic hydroxyl groups excluding tert-OH is 1.